The predicted octanol–water partition coefficient (Wildman–Crippen LogP) is 4.07. The summed E-state index contributed by atoms with van der Waals surface area (Å²) in [6.45, 7) is 0. The molecule has 0 spiro atoms. The first-order valence-corrected chi connectivity index (χ1v) is 11.0. The largest absolute Gasteiger partial charge is 0.398 e. The minimum absolute atomic E-state index is 0.190. The van der Waals surface area contributed by atoms with Gasteiger partial charge in [0.15, 0.2) is 11.6 Å². The molecule has 0 heterocycles. The molecule has 6 rings (SSSR count). The summed E-state index contributed by atoms with van der Waals surface area (Å²) in [5.41, 5.74) is 31.9. The van der Waals surface area contributed by atoms with Crippen LogP contribution in [0.25, 0.3) is 0 Å². The lowest BCUT2D eigenvalue weighted by molar-refractivity contribution is 0.102. The SMILES string of the molecule is Nc1cccc2c1C(=O)c1c(N)cccc1C2C1c2cccc(N)c2C(=O)c2c(N)cccc21. The highest BCUT2D eigenvalue weighted by Crippen LogP contribution is 2.54. The Kier molecular flexibility index (Phi) is 4.10. The molecule has 0 aromatic heterocycles. The van der Waals surface area contributed by atoms with E-state index in [1.165, 1.54) is 0 Å². The summed E-state index contributed by atoms with van der Waals surface area (Å²) in [4.78, 5) is 27.2. The highest BCUT2D eigenvalue weighted by molar-refractivity contribution is 6.20. The molecule has 2 aliphatic carbocycles. The van der Waals surface area contributed by atoms with E-state index in [9.17, 15) is 9.59 Å². The highest BCUT2D eigenvalue weighted by atomic mass is 16.1. The Bertz CT molecular complexity index is 1330. The third-order valence-electron chi connectivity index (χ3n) is 7.10. The minimum atomic E-state index is -0.330. The van der Waals surface area contributed by atoms with Crippen LogP contribution in [0.2, 0.25) is 0 Å². The van der Waals surface area contributed by atoms with E-state index in [1.54, 1.807) is 24.3 Å². The monoisotopic (exact) mass is 446 g/mol. The molecule has 166 valence electrons. The van der Waals surface area contributed by atoms with Crippen LogP contribution in [0.15, 0.2) is 72.8 Å². The first-order valence-electron chi connectivity index (χ1n) is 11.0. The van der Waals surface area contributed by atoms with Crippen molar-refractivity contribution >= 4 is 34.3 Å². The number of hydrogen-bond donors (Lipinski definition) is 4. The van der Waals surface area contributed by atoms with Gasteiger partial charge in [-0.3, -0.25) is 9.59 Å². The van der Waals surface area contributed by atoms with Gasteiger partial charge in [-0.05, 0) is 46.5 Å². The standard InChI is InChI=1S/C28H22N4O2/c29-17-9-1-5-13-21(14-6-2-10-18(30)24(14)27(33)23(13)17)22-15-7-3-11-19(31)25(15)28(34)26-16(22)8-4-12-20(26)32/h1-12,21-22H,29-32H2. The summed E-state index contributed by atoms with van der Waals surface area (Å²) in [7, 11) is 0. The van der Waals surface area contributed by atoms with Crippen molar-refractivity contribution in [1.82, 2.24) is 0 Å². The highest BCUT2D eigenvalue weighted by Gasteiger charge is 2.44. The number of carbonyl (C=O) groups is 2. The Hall–Kier alpha value is -4.58. The summed E-state index contributed by atoms with van der Waals surface area (Å²) in [6, 6.07) is 22.0. The van der Waals surface area contributed by atoms with Crippen molar-refractivity contribution in [2.45, 2.75) is 11.8 Å². The van der Waals surface area contributed by atoms with Crippen molar-refractivity contribution in [1.29, 1.82) is 0 Å². The summed E-state index contributed by atoms with van der Waals surface area (Å²) in [5, 5.41) is 0. The van der Waals surface area contributed by atoms with Gasteiger partial charge >= 0.3 is 0 Å². The molecule has 34 heavy (non-hydrogen) atoms. The lowest BCUT2D eigenvalue weighted by Crippen LogP contribution is -2.31. The number of fused-ring (bicyclic) bond motifs is 4. The van der Waals surface area contributed by atoms with Crippen LogP contribution in [-0.2, 0) is 0 Å². The lowest BCUT2D eigenvalue weighted by atomic mass is 9.63. The summed E-state index contributed by atoms with van der Waals surface area (Å²) < 4.78 is 0. The van der Waals surface area contributed by atoms with Crippen LogP contribution < -0.4 is 22.9 Å². The Labute approximate surface area is 196 Å². The lowest BCUT2D eigenvalue weighted by Gasteiger charge is -2.38. The number of nitrogens with two attached hydrogens (primary N) is 4. The first kappa shape index (κ1) is 20.1. The molecule has 0 aliphatic heterocycles. The first-order chi connectivity index (χ1) is 16.4. The van der Waals surface area contributed by atoms with Gasteiger partial charge in [0, 0.05) is 56.8 Å². The smallest absolute Gasteiger partial charge is 0.197 e. The normalized spacial score (nSPS) is 14.8. The van der Waals surface area contributed by atoms with Gasteiger partial charge in [0.2, 0.25) is 0 Å². The number of anilines is 4. The molecule has 0 bridgehead atoms. The van der Waals surface area contributed by atoms with Crippen LogP contribution in [0, 0.1) is 0 Å². The average molecular weight is 447 g/mol. The van der Waals surface area contributed by atoms with E-state index >= 15 is 0 Å². The van der Waals surface area contributed by atoms with Gasteiger partial charge in [-0.1, -0.05) is 48.5 Å². The van der Waals surface area contributed by atoms with Gasteiger partial charge in [0.1, 0.15) is 0 Å². The zero-order valence-corrected chi connectivity index (χ0v) is 18.2. The fourth-order valence-corrected chi connectivity index (χ4v) is 5.74. The number of hydrogen-bond acceptors (Lipinski definition) is 6. The molecule has 0 unspecified atom stereocenters. The Morgan fingerprint density at radius 2 is 0.647 bits per heavy atom. The van der Waals surface area contributed by atoms with Crippen molar-refractivity contribution in [2.75, 3.05) is 22.9 Å². The van der Waals surface area contributed by atoms with Crippen molar-refractivity contribution in [3.63, 3.8) is 0 Å². The van der Waals surface area contributed by atoms with Crippen LogP contribution in [0.3, 0.4) is 0 Å². The van der Waals surface area contributed by atoms with E-state index < -0.39 is 0 Å². The van der Waals surface area contributed by atoms with Gasteiger partial charge in [0.25, 0.3) is 0 Å². The van der Waals surface area contributed by atoms with E-state index in [-0.39, 0.29) is 23.4 Å². The predicted molar refractivity (Wildman–Crippen MR) is 134 cm³/mol. The van der Waals surface area contributed by atoms with E-state index in [2.05, 4.69) is 0 Å². The molecule has 4 aromatic rings. The Morgan fingerprint density at radius 1 is 0.412 bits per heavy atom. The van der Waals surface area contributed by atoms with Gasteiger partial charge in [-0.15, -0.1) is 0 Å². The van der Waals surface area contributed by atoms with Crippen LogP contribution in [0.4, 0.5) is 22.7 Å². The number of ketones is 2. The topological polar surface area (TPSA) is 138 Å². The molecule has 4 aromatic carbocycles. The maximum absolute atomic E-state index is 13.6. The molecule has 6 nitrogen and oxygen atoms in total. The quantitative estimate of drug-likeness (QED) is 0.325. The minimum Gasteiger partial charge on any atom is -0.398 e. The van der Waals surface area contributed by atoms with Crippen LogP contribution in [0.1, 0.15) is 65.9 Å². The second-order valence-electron chi connectivity index (χ2n) is 8.86. The third-order valence-corrected chi connectivity index (χ3v) is 7.10. The molecular formula is C28H22N4O2. The summed E-state index contributed by atoms with van der Waals surface area (Å²) >= 11 is 0. The Morgan fingerprint density at radius 3 is 0.882 bits per heavy atom. The zero-order chi connectivity index (χ0) is 23.7. The number of carbonyl (C=O) groups excluding carboxylic acids is 2. The molecular weight excluding hydrogens is 424 g/mol. The molecule has 0 amide bonds. The van der Waals surface area contributed by atoms with E-state index in [4.69, 9.17) is 22.9 Å². The van der Waals surface area contributed by atoms with Crippen LogP contribution in [-0.4, -0.2) is 11.6 Å². The fourth-order valence-electron chi connectivity index (χ4n) is 5.74. The zero-order valence-electron chi connectivity index (χ0n) is 18.2. The van der Waals surface area contributed by atoms with Crippen molar-refractivity contribution < 1.29 is 9.59 Å². The summed E-state index contributed by atoms with van der Waals surface area (Å²) in [5.74, 6) is -1.04. The number of rotatable bonds is 1. The van der Waals surface area contributed by atoms with E-state index in [0.29, 0.717) is 45.0 Å². The summed E-state index contributed by atoms with van der Waals surface area (Å²) in [6.07, 6.45) is 0. The second kappa shape index (κ2) is 6.96. The maximum Gasteiger partial charge on any atom is 0.197 e. The van der Waals surface area contributed by atoms with Crippen molar-refractivity contribution in [3.8, 4) is 0 Å². The third kappa shape index (κ3) is 2.50. The molecule has 0 fully saturated rings. The molecule has 0 saturated heterocycles. The maximum atomic E-state index is 13.6. The van der Waals surface area contributed by atoms with Gasteiger partial charge in [0.05, 0.1) is 0 Å². The van der Waals surface area contributed by atoms with E-state index in [0.717, 1.165) is 22.3 Å². The Balaban J connectivity index is 1.75. The van der Waals surface area contributed by atoms with Crippen molar-refractivity contribution in [3.05, 3.63) is 117 Å². The van der Waals surface area contributed by atoms with Crippen molar-refractivity contribution in [2.24, 2.45) is 0 Å². The van der Waals surface area contributed by atoms with E-state index in [1.807, 2.05) is 48.5 Å². The molecule has 0 saturated carbocycles. The number of nitrogen functional groups attached to an aromatic ring is 4. The molecule has 0 atom stereocenters. The fraction of sp³-hybridized carbons (Fsp3) is 0.0714. The van der Waals surface area contributed by atoms with Gasteiger partial charge < -0.3 is 22.9 Å². The average Bonchev–Trinajstić information content (AvgIpc) is 2.80. The molecule has 0 radical (unpaired) electrons. The number of benzene rings is 4. The van der Waals surface area contributed by atoms with Crippen LogP contribution >= 0.6 is 0 Å². The molecule has 6 heteroatoms. The molecule has 2 aliphatic rings. The second-order valence-corrected chi connectivity index (χ2v) is 8.86. The van der Waals surface area contributed by atoms with Gasteiger partial charge in [-0.25, -0.2) is 0 Å². The van der Waals surface area contributed by atoms with Crippen LogP contribution in [0.5, 0.6) is 0 Å². The van der Waals surface area contributed by atoms with Gasteiger partial charge in [-0.2, -0.15) is 0 Å². The molecule has 8 N–H and O–H groups in total.